The number of hydrazine groups is 1. The molecule has 3 aromatic heterocycles. The molecule has 11 N–H and O–H groups in total. The minimum absolute atomic E-state index is 0.00615. The number of esters is 1. The molecular weight excluding hydrogens is 1060 g/mol. The minimum atomic E-state index is -1.09. The number of nitrogens with zero attached hydrogens (tertiary/aromatic N) is 7. The first-order valence-electron chi connectivity index (χ1n) is 26.7. The maximum atomic E-state index is 14.2. The van der Waals surface area contributed by atoms with Crippen molar-refractivity contribution in [3.8, 4) is 28.3 Å². The average molecular weight is 1130 g/mol. The maximum absolute atomic E-state index is 14.2. The van der Waals surface area contributed by atoms with E-state index < -0.39 is 29.6 Å². The molecular formula is C55H67N15O12. The summed E-state index contributed by atoms with van der Waals surface area (Å²) in [5.41, 5.74) is 18.6. The van der Waals surface area contributed by atoms with E-state index >= 15 is 0 Å². The van der Waals surface area contributed by atoms with E-state index in [4.69, 9.17) is 40.3 Å². The molecule has 0 unspecified atom stereocenters. The van der Waals surface area contributed by atoms with E-state index in [1.54, 1.807) is 86.6 Å². The highest BCUT2D eigenvalue weighted by atomic mass is 16.6. The molecule has 0 spiro atoms. The van der Waals surface area contributed by atoms with Crippen molar-refractivity contribution in [2.75, 3.05) is 108 Å². The number of nitrogens with two attached hydrogens (primary N) is 2. The van der Waals surface area contributed by atoms with Gasteiger partial charge < -0.3 is 66.8 Å². The fourth-order valence-electron chi connectivity index (χ4n) is 8.75. The number of anilines is 4. The van der Waals surface area contributed by atoms with Crippen molar-refractivity contribution < 1.29 is 57.6 Å². The first kappa shape index (κ1) is 59.2. The lowest BCUT2D eigenvalue weighted by atomic mass is 10.0. The quantitative estimate of drug-likeness (QED) is 0.0264. The molecule has 0 saturated carbocycles. The van der Waals surface area contributed by atoms with E-state index in [0.29, 0.717) is 89.9 Å². The Morgan fingerprint density at radius 2 is 1.49 bits per heavy atom. The molecule has 1 fully saturated rings. The van der Waals surface area contributed by atoms with Gasteiger partial charge in [0.15, 0.2) is 22.8 Å². The van der Waals surface area contributed by atoms with Gasteiger partial charge in [-0.25, -0.2) is 24.6 Å². The predicted octanol–water partition coefficient (Wildman–Crippen LogP) is 2.59. The minimum Gasteiger partial charge on any atom is -0.508 e. The number of fused-ring (bicyclic) bond motifs is 4. The third kappa shape index (κ3) is 16.4. The molecule has 82 heavy (non-hydrogen) atoms. The highest BCUT2D eigenvalue weighted by Gasteiger charge is 2.37. The number of carbonyl (C=O) groups is 6. The summed E-state index contributed by atoms with van der Waals surface area (Å²) in [5, 5.41) is 30.8. The van der Waals surface area contributed by atoms with Gasteiger partial charge in [0.1, 0.15) is 29.6 Å². The van der Waals surface area contributed by atoms with Crippen LogP contribution in [0.4, 0.5) is 27.9 Å². The fourth-order valence-corrected chi connectivity index (χ4v) is 8.75. The third-order valence-corrected chi connectivity index (χ3v) is 12.6. The highest BCUT2D eigenvalue weighted by molar-refractivity contribution is 6.27. The van der Waals surface area contributed by atoms with Crippen LogP contribution in [0.3, 0.4) is 0 Å². The number of ketones is 1. The van der Waals surface area contributed by atoms with E-state index in [0.717, 1.165) is 5.69 Å². The summed E-state index contributed by atoms with van der Waals surface area (Å²) in [6.07, 6.45) is 2.02. The van der Waals surface area contributed by atoms with E-state index in [2.05, 4.69) is 51.9 Å². The molecule has 6 aromatic rings. The molecule has 2 aliphatic rings. The molecule has 27 heteroatoms. The molecule has 8 rings (SSSR count). The monoisotopic (exact) mass is 1130 g/mol. The SMILES string of the molecule is CC(C)(C)OC(=O)[C@H](CCC(=O)NCCOCCOCCOCCNC(=O)Cn1nc2c(c1-c1ccc(O)cc1)C(=O)c1c(NC(=O)NN3CCOCC3)cccc1-2)NC(=O)c1ccc(NCCc2cnc3nc(N)nc(N)c3n2)cc1. The summed E-state index contributed by atoms with van der Waals surface area (Å²) in [6.45, 7) is 9.26. The largest absolute Gasteiger partial charge is 0.508 e. The number of amides is 5. The van der Waals surface area contributed by atoms with Gasteiger partial charge in [-0.3, -0.25) is 29.3 Å². The number of aromatic nitrogens is 6. The number of phenolic OH excluding ortho intramolecular Hbond substituents is 1. The van der Waals surface area contributed by atoms with Crippen LogP contribution in [-0.4, -0.2) is 173 Å². The number of rotatable bonds is 27. The second-order valence-corrected chi connectivity index (χ2v) is 19.9. The Morgan fingerprint density at radius 1 is 0.805 bits per heavy atom. The van der Waals surface area contributed by atoms with Crippen LogP contribution in [-0.2, 0) is 51.0 Å². The molecule has 1 atom stereocenters. The molecule has 5 amide bonds. The number of benzene rings is 3. The first-order valence-corrected chi connectivity index (χ1v) is 26.7. The molecule has 0 radical (unpaired) electrons. The molecule has 1 aliphatic heterocycles. The molecule has 0 bridgehead atoms. The molecule has 3 aromatic carbocycles. The predicted molar refractivity (Wildman–Crippen MR) is 300 cm³/mol. The van der Waals surface area contributed by atoms with Crippen LogP contribution < -0.4 is 43.5 Å². The van der Waals surface area contributed by atoms with Gasteiger partial charge >= 0.3 is 12.0 Å². The van der Waals surface area contributed by atoms with Crippen LogP contribution in [0.5, 0.6) is 5.75 Å². The normalized spacial score (nSPS) is 13.4. The van der Waals surface area contributed by atoms with E-state index in [1.807, 2.05) is 0 Å². The van der Waals surface area contributed by atoms with Crippen molar-refractivity contribution in [1.82, 2.24) is 56.1 Å². The van der Waals surface area contributed by atoms with E-state index in [9.17, 15) is 33.9 Å². The van der Waals surface area contributed by atoms with Crippen molar-refractivity contribution in [3.63, 3.8) is 0 Å². The number of hydrogen-bond acceptors (Lipinski definition) is 21. The van der Waals surface area contributed by atoms with Gasteiger partial charge in [-0.2, -0.15) is 15.1 Å². The van der Waals surface area contributed by atoms with Gasteiger partial charge in [0, 0.05) is 67.9 Å². The smallest absolute Gasteiger partial charge is 0.333 e. The Hall–Kier alpha value is -8.89. The van der Waals surface area contributed by atoms with Crippen LogP contribution in [0.2, 0.25) is 0 Å². The molecule has 1 aliphatic carbocycles. The van der Waals surface area contributed by atoms with Crippen molar-refractivity contribution in [3.05, 3.63) is 95.3 Å². The topological polar surface area (TPSA) is 366 Å². The lowest BCUT2D eigenvalue weighted by molar-refractivity contribution is -0.157. The number of aromatic hydroxyl groups is 1. The number of urea groups is 1. The summed E-state index contributed by atoms with van der Waals surface area (Å²) in [6, 6.07) is 16.4. The van der Waals surface area contributed by atoms with Gasteiger partial charge in [-0.05, 0) is 81.8 Å². The number of nitrogen functional groups attached to an aromatic ring is 2. The van der Waals surface area contributed by atoms with Gasteiger partial charge in [0.25, 0.3) is 5.91 Å². The number of carbonyl (C=O) groups excluding carboxylic acids is 6. The van der Waals surface area contributed by atoms with E-state index in [1.165, 1.54) is 16.8 Å². The Balaban J connectivity index is 0.694. The van der Waals surface area contributed by atoms with Gasteiger partial charge in [0.05, 0.1) is 87.3 Å². The Kier molecular flexibility index (Phi) is 20.2. The lowest BCUT2D eigenvalue weighted by Crippen LogP contribution is -2.49. The summed E-state index contributed by atoms with van der Waals surface area (Å²) in [7, 11) is 0. The lowest BCUT2D eigenvalue weighted by Gasteiger charge is -2.27. The Morgan fingerprint density at radius 3 is 2.18 bits per heavy atom. The van der Waals surface area contributed by atoms with Crippen LogP contribution in [0.25, 0.3) is 33.7 Å². The molecule has 4 heterocycles. The number of hydrogen-bond donors (Lipinski definition) is 9. The van der Waals surface area contributed by atoms with Crippen LogP contribution in [0, 0.1) is 0 Å². The Labute approximate surface area is 471 Å². The summed E-state index contributed by atoms with van der Waals surface area (Å²) < 4.78 is 29.2. The second kappa shape index (κ2) is 28.0. The van der Waals surface area contributed by atoms with Crippen LogP contribution in [0.15, 0.2) is 72.9 Å². The molecule has 434 valence electrons. The summed E-state index contributed by atoms with van der Waals surface area (Å²) in [4.78, 5) is 96.3. The third-order valence-electron chi connectivity index (χ3n) is 12.6. The number of nitrogens with one attached hydrogen (secondary N) is 6. The van der Waals surface area contributed by atoms with Crippen LogP contribution >= 0.6 is 0 Å². The van der Waals surface area contributed by atoms with Crippen LogP contribution in [0.1, 0.15) is 65.6 Å². The Bertz CT molecular complexity index is 3240. The average Bonchev–Trinajstić information content (AvgIpc) is 3.23. The van der Waals surface area contributed by atoms with Crippen molar-refractivity contribution in [1.29, 1.82) is 0 Å². The molecule has 1 saturated heterocycles. The standard InChI is InChI=1S/C55H67N15O12/c1-55(2,3)82-52(76)40(63-51(75)34-7-11-35(12-8-34)58-18-17-36-31-61-50-46(62-36)49(56)65-53(57)66-50)15-16-41(72)59-19-23-78-27-29-81-30-28-79-24-20-60-42(73)32-70-47(33-9-13-37(71)14-10-33)44-45(67-70)38-5-4-6-39(43(38)48(44)74)64-54(77)68-69-21-25-80-26-22-69/h4-14,31,40,58,71H,15-30,32H2,1-3H3,(H,59,72)(H,60,73)(H,63,75)(H2,64,68,77)(H4,56,57,61,65,66)/t40-/m0/s1. The first-order chi connectivity index (χ1) is 39.5. The zero-order valence-corrected chi connectivity index (χ0v) is 45.7. The van der Waals surface area contributed by atoms with Crippen molar-refractivity contribution in [2.45, 2.75) is 58.2 Å². The van der Waals surface area contributed by atoms with Gasteiger partial charge in [-0.15, -0.1) is 0 Å². The van der Waals surface area contributed by atoms with Gasteiger partial charge in [-0.1, -0.05) is 12.1 Å². The molecule has 27 nitrogen and oxygen atoms in total. The second-order valence-electron chi connectivity index (χ2n) is 19.9. The van der Waals surface area contributed by atoms with Crippen molar-refractivity contribution in [2.24, 2.45) is 0 Å². The summed E-state index contributed by atoms with van der Waals surface area (Å²) in [5.74, 6) is -2.08. The highest BCUT2D eigenvalue weighted by Crippen LogP contribution is 2.44. The summed E-state index contributed by atoms with van der Waals surface area (Å²) >= 11 is 0. The maximum Gasteiger partial charge on any atom is 0.333 e. The number of morpholine rings is 1. The van der Waals surface area contributed by atoms with Crippen molar-refractivity contribution >= 4 is 69.8 Å². The van der Waals surface area contributed by atoms with E-state index in [-0.39, 0.29) is 118 Å². The number of phenols is 1. The van der Waals surface area contributed by atoms with Gasteiger partial charge in [0.2, 0.25) is 17.8 Å². The zero-order chi connectivity index (χ0) is 58.2. The zero-order valence-electron chi connectivity index (χ0n) is 45.7. The fraction of sp³-hybridized carbons (Fsp3) is 0.400. The number of ether oxygens (including phenoxy) is 5.